The van der Waals surface area contributed by atoms with E-state index in [9.17, 15) is 0 Å². The molecule has 0 radical (unpaired) electrons. The highest BCUT2D eigenvalue weighted by Gasteiger charge is 1.95. The van der Waals surface area contributed by atoms with E-state index in [1.807, 2.05) is 18.2 Å². The van der Waals surface area contributed by atoms with E-state index < -0.39 is 0 Å². The Hall–Kier alpha value is -0.690. The SMILES string of the molecule is CCCN=C(N)NCCOc1cccc(Cl)c1.I. The van der Waals surface area contributed by atoms with Gasteiger partial charge in [0, 0.05) is 11.6 Å². The van der Waals surface area contributed by atoms with Crippen LogP contribution in [0.1, 0.15) is 13.3 Å². The molecular weight excluding hydrogens is 365 g/mol. The molecule has 1 aromatic carbocycles. The fourth-order valence-corrected chi connectivity index (χ4v) is 1.37. The Balaban J connectivity index is 0.00000289. The molecule has 102 valence electrons. The molecule has 6 heteroatoms. The average molecular weight is 384 g/mol. The molecule has 0 saturated heterocycles. The highest BCUT2D eigenvalue weighted by molar-refractivity contribution is 14.0. The Morgan fingerprint density at radius 3 is 2.94 bits per heavy atom. The first kappa shape index (κ1) is 17.3. The van der Waals surface area contributed by atoms with Gasteiger partial charge in [-0.3, -0.25) is 4.99 Å². The first-order chi connectivity index (χ1) is 8.22. The zero-order valence-electron chi connectivity index (χ0n) is 10.4. The summed E-state index contributed by atoms with van der Waals surface area (Å²) >= 11 is 5.83. The number of nitrogens with two attached hydrogens (primary N) is 1. The van der Waals surface area contributed by atoms with Gasteiger partial charge < -0.3 is 15.8 Å². The second kappa shape index (κ2) is 10.3. The van der Waals surface area contributed by atoms with Gasteiger partial charge in [0.25, 0.3) is 0 Å². The van der Waals surface area contributed by atoms with Crippen LogP contribution in [0.25, 0.3) is 0 Å². The van der Waals surface area contributed by atoms with Gasteiger partial charge in [0.15, 0.2) is 5.96 Å². The molecule has 0 saturated carbocycles. The van der Waals surface area contributed by atoms with Crippen LogP contribution in [-0.4, -0.2) is 25.7 Å². The van der Waals surface area contributed by atoms with Gasteiger partial charge in [0.1, 0.15) is 12.4 Å². The fraction of sp³-hybridized carbons (Fsp3) is 0.417. The Morgan fingerprint density at radius 1 is 1.50 bits per heavy atom. The molecule has 4 nitrogen and oxygen atoms in total. The fourth-order valence-electron chi connectivity index (χ4n) is 1.19. The first-order valence-corrected chi connectivity index (χ1v) is 6.02. The van der Waals surface area contributed by atoms with Crippen LogP contribution in [0, 0.1) is 0 Å². The number of nitrogens with one attached hydrogen (secondary N) is 1. The van der Waals surface area contributed by atoms with Gasteiger partial charge in [0.2, 0.25) is 0 Å². The first-order valence-electron chi connectivity index (χ1n) is 5.64. The molecule has 0 bridgehead atoms. The predicted octanol–water partition coefficient (Wildman–Crippen LogP) is 2.65. The molecule has 0 aliphatic carbocycles. The summed E-state index contributed by atoms with van der Waals surface area (Å²) in [6.45, 7) is 3.93. The highest BCUT2D eigenvalue weighted by Crippen LogP contribution is 2.16. The summed E-state index contributed by atoms with van der Waals surface area (Å²) in [6.07, 6.45) is 0.987. The number of guanidine groups is 1. The van der Waals surface area contributed by atoms with Crippen molar-refractivity contribution in [1.82, 2.24) is 5.32 Å². The molecule has 0 fully saturated rings. The van der Waals surface area contributed by atoms with E-state index in [0.29, 0.717) is 24.1 Å². The van der Waals surface area contributed by atoms with Crippen molar-refractivity contribution in [1.29, 1.82) is 0 Å². The van der Waals surface area contributed by atoms with Crippen LogP contribution in [0.4, 0.5) is 0 Å². The van der Waals surface area contributed by atoms with Crippen LogP contribution in [0.2, 0.25) is 5.02 Å². The maximum atomic E-state index is 5.83. The van der Waals surface area contributed by atoms with E-state index in [1.54, 1.807) is 6.07 Å². The van der Waals surface area contributed by atoms with Crippen LogP contribution < -0.4 is 15.8 Å². The van der Waals surface area contributed by atoms with E-state index in [4.69, 9.17) is 22.1 Å². The summed E-state index contributed by atoms with van der Waals surface area (Å²) < 4.78 is 5.48. The lowest BCUT2D eigenvalue weighted by Gasteiger charge is -2.08. The van der Waals surface area contributed by atoms with Crippen molar-refractivity contribution in [2.45, 2.75) is 13.3 Å². The van der Waals surface area contributed by atoms with E-state index >= 15 is 0 Å². The van der Waals surface area contributed by atoms with Crippen LogP contribution in [0.15, 0.2) is 29.3 Å². The van der Waals surface area contributed by atoms with Crippen molar-refractivity contribution < 1.29 is 4.74 Å². The zero-order valence-corrected chi connectivity index (χ0v) is 13.4. The molecule has 18 heavy (non-hydrogen) atoms. The zero-order chi connectivity index (χ0) is 12.5. The maximum Gasteiger partial charge on any atom is 0.188 e. The topological polar surface area (TPSA) is 59.6 Å². The molecule has 0 amide bonds. The van der Waals surface area contributed by atoms with Gasteiger partial charge in [-0.2, -0.15) is 0 Å². The quantitative estimate of drug-likeness (QED) is 0.344. The second-order valence-electron chi connectivity index (χ2n) is 3.50. The minimum Gasteiger partial charge on any atom is -0.492 e. The normalized spacial score (nSPS) is 10.7. The molecule has 0 aromatic heterocycles. The molecule has 0 unspecified atom stereocenters. The number of benzene rings is 1. The third-order valence-electron chi connectivity index (χ3n) is 1.98. The summed E-state index contributed by atoms with van der Waals surface area (Å²) in [7, 11) is 0. The number of rotatable bonds is 6. The molecule has 0 heterocycles. The minimum atomic E-state index is 0. The number of aliphatic imine (C=N–C) groups is 1. The summed E-state index contributed by atoms with van der Waals surface area (Å²) in [5.41, 5.74) is 5.63. The van der Waals surface area contributed by atoms with Crippen LogP contribution in [0.5, 0.6) is 5.75 Å². The average Bonchev–Trinajstić information content (AvgIpc) is 2.32. The molecule has 0 aliphatic rings. The lowest BCUT2D eigenvalue weighted by atomic mass is 10.3. The molecule has 0 atom stereocenters. The van der Waals surface area contributed by atoms with Crippen molar-refractivity contribution in [3.8, 4) is 5.75 Å². The van der Waals surface area contributed by atoms with E-state index in [0.717, 1.165) is 18.7 Å². The summed E-state index contributed by atoms with van der Waals surface area (Å²) in [5, 5.41) is 3.64. The second-order valence-corrected chi connectivity index (χ2v) is 3.94. The van der Waals surface area contributed by atoms with Gasteiger partial charge in [-0.15, -0.1) is 24.0 Å². The van der Waals surface area contributed by atoms with Crippen molar-refractivity contribution in [3.05, 3.63) is 29.3 Å². The predicted molar refractivity (Wildman–Crippen MR) is 87.1 cm³/mol. The van der Waals surface area contributed by atoms with Gasteiger partial charge in [-0.1, -0.05) is 24.6 Å². The summed E-state index contributed by atoms with van der Waals surface area (Å²) in [6, 6.07) is 7.29. The highest BCUT2D eigenvalue weighted by atomic mass is 127. The molecule has 0 aliphatic heterocycles. The van der Waals surface area contributed by atoms with Crippen LogP contribution >= 0.6 is 35.6 Å². The number of halogens is 2. The number of hydrogen-bond acceptors (Lipinski definition) is 2. The summed E-state index contributed by atoms with van der Waals surface area (Å²) in [4.78, 5) is 4.11. The van der Waals surface area contributed by atoms with Gasteiger partial charge >= 0.3 is 0 Å². The van der Waals surface area contributed by atoms with Crippen molar-refractivity contribution in [2.24, 2.45) is 10.7 Å². The van der Waals surface area contributed by atoms with Crippen molar-refractivity contribution in [2.75, 3.05) is 19.7 Å². The van der Waals surface area contributed by atoms with E-state index in [-0.39, 0.29) is 24.0 Å². The van der Waals surface area contributed by atoms with Crippen LogP contribution in [-0.2, 0) is 0 Å². The third kappa shape index (κ3) is 7.60. The lowest BCUT2D eigenvalue weighted by molar-refractivity contribution is 0.322. The van der Waals surface area contributed by atoms with Gasteiger partial charge in [-0.05, 0) is 24.6 Å². The maximum absolute atomic E-state index is 5.83. The Bertz CT molecular complexity index is 374. The van der Waals surface area contributed by atoms with E-state index in [2.05, 4.69) is 17.2 Å². The Morgan fingerprint density at radius 2 is 2.28 bits per heavy atom. The molecule has 1 rings (SSSR count). The lowest BCUT2D eigenvalue weighted by Crippen LogP contribution is -2.34. The molecule has 3 N–H and O–H groups in total. The smallest absolute Gasteiger partial charge is 0.188 e. The molecule has 1 aromatic rings. The van der Waals surface area contributed by atoms with Crippen molar-refractivity contribution >= 4 is 41.5 Å². The molecule has 0 spiro atoms. The third-order valence-corrected chi connectivity index (χ3v) is 2.21. The number of ether oxygens (including phenoxy) is 1. The van der Waals surface area contributed by atoms with Crippen LogP contribution in [0.3, 0.4) is 0 Å². The minimum absolute atomic E-state index is 0. The van der Waals surface area contributed by atoms with Crippen molar-refractivity contribution in [3.63, 3.8) is 0 Å². The summed E-state index contributed by atoms with van der Waals surface area (Å²) in [5.74, 6) is 1.21. The number of hydrogen-bond donors (Lipinski definition) is 2. The van der Waals surface area contributed by atoms with E-state index in [1.165, 1.54) is 0 Å². The van der Waals surface area contributed by atoms with Gasteiger partial charge in [-0.25, -0.2) is 0 Å². The van der Waals surface area contributed by atoms with Gasteiger partial charge in [0.05, 0.1) is 6.54 Å². The Labute approximate surface area is 130 Å². The largest absolute Gasteiger partial charge is 0.492 e. The number of nitrogens with zero attached hydrogens (tertiary/aromatic N) is 1. The monoisotopic (exact) mass is 383 g/mol. The Kier molecular flexibility index (Phi) is 9.86. The molecular formula is C12H19ClIN3O. The standard InChI is InChI=1S/C12H18ClN3O.HI/c1-2-6-15-12(14)16-7-8-17-11-5-3-4-10(13)9-11;/h3-5,9H,2,6-8H2,1H3,(H3,14,15,16);1H.